The van der Waals surface area contributed by atoms with Crippen molar-refractivity contribution in [2.75, 3.05) is 19.8 Å². The number of ether oxygens (including phenoxy) is 1. The van der Waals surface area contributed by atoms with Crippen LogP contribution in [0.4, 0.5) is 0 Å². The van der Waals surface area contributed by atoms with Gasteiger partial charge in [0.15, 0.2) is 11.2 Å². The van der Waals surface area contributed by atoms with Gasteiger partial charge < -0.3 is 15.0 Å². The minimum atomic E-state index is -0.523. The predicted octanol–water partition coefficient (Wildman–Crippen LogP) is 1.37. The normalized spacial score (nSPS) is 11.0. The number of carbonyl (C=O) groups is 1. The van der Waals surface area contributed by atoms with Gasteiger partial charge in [0.25, 0.3) is 11.5 Å². The number of benzene rings is 1. The molecule has 0 saturated heterocycles. The molecule has 0 spiro atoms. The quantitative estimate of drug-likeness (QED) is 0.561. The van der Waals surface area contributed by atoms with Gasteiger partial charge in [-0.3, -0.25) is 9.59 Å². The van der Waals surface area contributed by atoms with Crippen LogP contribution >= 0.6 is 11.6 Å². The van der Waals surface area contributed by atoms with Crippen LogP contribution < -0.4 is 10.9 Å². The molecule has 0 unspecified atom stereocenters. The lowest BCUT2D eigenvalue weighted by Gasteiger charge is -2.06. The number of H-pyrrole nitrogens is 1. The summed E-state index contributed by atoms with van der Waals surface area (Å²) in [6.45, 7) is 3.78. The summed E-state index contributed by atoms with van der Waals surface area (Å²) in [5.74, 6) is -0.567. The number of amides is 1. The highest BCUT2D eigenvalue weighted by Gasteiger charge is 2.16. The Hall–Kier alpha value is -2.78. The van der Waals surface area contributed by atoms with Gasteiger partial charge in [-0.25, -0.2) is 9.67 Å². The Bertz CT molecular complexity index is 1000. The topological polar surface area (TPSA) is 115 Å². The number of nitrogens with one attached hydrogen (secondary N) is 2. The van der Waals surface area contributed by atoms with Crippen molar-refractivity contribution >= 4 is 28.7 Å². The Balaban J connectivity index is 1.81. The first-order valence-corrected chi connectivity index (χ1v) is 8.90. The summed E-state index contributed by atoms with van der Waals surface area (Å²) in [7, 11) is 0. The molecule has 27 heavy (non-hydrogen) atoms. The van der Waals surface area contributed by atoms with Gasteiger partial charge in [-0.2, -0.15) is 0 Å². The maximum atomic E-state index is 12.3. The fourth-order valence-corrected chi connectivity index (χ4v) is 2.67. The Morgan fingerprint density at radius 1 is 1.37 bits per heavy atom. The lowest BCUT2D eigenvalue weighted by Crippen LogP contribution is -2.29. The first kappa shape index (κ1) is 19.0. The molecular formula is C17H19ClN6O3. The van der Waals surface area contributed by atoms with Crippen molar-refractivity contribution in [3.63, 3.8) is 0 Å². The number of fused-ring (bicyclic) bond motifs is 1. The third-order valence-corrected chi connectivity index (χ3v) is 4.19. The molecule has 10 heteroatoms. The van der Waals surface area contributed by atoms with E-state index in [1.54, 1.807) is 6.07 Å². The minimum absolute atomic E-state index is 0.0648. The molecule has 3 rings (SSSR count). The Labute approximate surface area is 159 Å². The van der Waals surface area contributed by atoms with E-state index >= 15 is 0 Å². The summed E-state index contributed by atoms with van der Waals surface area (Å²) in [6.07, 6.45) is 0.665. The third kappa shape index (κ3) is 4.50. The zero-order valence-electron chi connectivity index (χ0n) is 14.7. The van der Waals surface area contributed by atoms with Crippen LogP contribution in [0.5, 0.6) is 0 Å². The van der Waals surface area contributed by atoms with Crippen molar-refractivity contribution in [2.45, 2.75) is 19.9 Å². The second kappa shape index (κ2) is 8.74. The zero-order chi connectivity index (χ0) is 19.2. The van der Waals surface area contributed by atoms with Crippen LogP contribution in [-0.4, -0.2) is 50.6 Å². The molecule has 0 fully saturated rings. The molecule has 1 aromatic carbocycles. The molecule has 0 saturated carbocycles. The summed E-state index contributed by atoms with van der Waals surface area (Å²) in [6, 6.07) is 7.27. The van der Waals surface area contributed by atoms with E-state index in [0.717, 1.165) is 5.56 Å². The number of aromatic amines is 1. The molecule has 0 aliphatic heterocycles. The van der Waals surface area contributed by atoms with Gasteiger partial charge >= 0.3 is 0 Å². The van der Waals surface area contributed by atoms with Crippen molar-refractivity contribution < 1.29 is 9.53 Å². The monoisotopic (exact) mass is 390 g/mol. The van der Waals surface area contributed by atoms with Crippen LogP contribution in [0.25, 0.3) is 11.2 Å². The lowest BCUT2D eigenvalue weighted by molar-refractivity contribution is 0.0934. The molecule has 0 aliphatic carbocycles. The minimum Gasteiger partial charge on any atom is -0.382 e. The van der Waals surface area contributed by atoms with Gasteiger partial charge in [-0.15, -0.1) is 5.10 Å². The molecule has 3 aromatic rings. The molecule has 142 valence electrons. The number of carbonyl (C=O) groups excluding carboxylic acids is 1. The van der Waals surface area contributed by atoms with Gasteiger partial charge in [0.1, 0.15) is 0 Å². The molecule has 0 radical (unpaired) electrons. The van der Waals surface area contributed by atoms with Gasteiger partial charge in [0.2, 0.25) is 5.82 Å². The second-order valence-corrected chi connectivity index (χ2v) is 6.14. The second-order valence-electron chi connectivity index (χ2n) is 5.73. The summed E-state index contributed by atoms with van der Waals surface area (Å²) in [4.78, 5) is 31.1. The third-order valence-electron chi connectivity index (χ3n) is 3.82. The molecule has 0 bridgehead atoms. The summed E-state index contributed by atoms with van der Waals surface area (Å²) in [5.41, 5.74) is 0.563. The fraction of sp³-hybridized carbons (Fsp3) is 0.353. The van der Waals surface area contributed by atoms with Crippen LogP contribution in [-0.2, 0) is 11.3 Å². The SMILES string of the molecule is CCOCCCNC(=O)c1nc2c(nnn2Cc2ccccc2Cl)c(=O)[nH]1. The highest BCUT2D eigenvalue weighted by Crippen LogP contribution is 2.17. The Morgan fingerprint density at radius 3 is 2.96 bits per heavy atom. The molecule has 0 atom stereocenters. The number of aromatic nitrogens is 5. The number of halogens is 1. The average molecular weight is 391 g/mol. The summed E-state index contributed by atoms with van der Waals surface area (Å²) < 4.78 is 6.66. The molecule has 2 heterocycles. The van der Waals surface area contributed by atoms with Crippen molar-refractivity contribution in [1.29, 1.82) is 0 Å². The zero-order valence-corrected chi connectivity index (χ0v) is 15.5. The van der Waals surface area contributed by atoms with Crippen LogP contribution in [0.2, 0.25) is 5.02 Å². The van der Waals surface area contributed by atoms with E-state index in [1.165, 1.54) is 4.68 Å². The highest BCUT2D eigenvalue weighted by molar-refractivity contribution is 6.31. The van der Waals surface area contributed by atoms with Crippen LogP contribution in [0.1, 0.15) is 29.5 Å². The molecule has 2 aromatic heterocycles. The standard InChI is InChI=1S/C17H19ClN6O3/c1-2-27-9-5-8-19-17(26)14-20-15-13(16(25)21-14)22-23-24(15)10-11-6-3-4-7-12(11)18/h3-4,6-7H,2,5,8-10H2,1H3,(H,19,26)(H,20,21,25). The van der Waals surface area contributed by atoms with Gasteiger partial charge in [0.05, 0.1) is 6.54 Å². The van der Waals surface area contributed by atoms with Gasteiger partial charge in [-0.1, -0.05) is 35.0 Å². The van der Waals surface area contributed by atoms with E-state index in [-0.39, 0.29) is 23.5 Å². The number of rotatable bonds is 8. The van der Waals surface area contributed by atoms with Crippen molar-refractivity contribution in [1.82, 2.24) is 30.3 Å². The van der Waals surface area contributed by atoms with Crippen molar-refractivity contribution in [3.05, 3.63) is 51.0 Å². The summed E-state index contributed by atoms with van der Waals surface area (Å²) in [5, 5.41) is 11.1. The van der Waals surface area contributed by atoms with E-state index in [9.17, 15) is 9.59 Å². The molecular weight excluding hydrogens is 372 g/mol. The molecule has 2 N–H and O–H groups in total. The number of nitrogens with zero attached hydrogens (tertiary/aromatic N) is 4. The maximum Gasteiger partial charge on any atom is 0.287 e. The lowest BCUT2D eigenvalue weighted by atomic mass is 10.2. The van der Waals surface area contributed by atoms with Gasteiger partial charge in [0, 0.05) is 24.8 Å². The summed E-state index contributed by atoms with van der Waals surface area (Å²) >= 11 is 6.17. The largest absolute Gasteiger partial charge is 0.382 e. The smallest absolute Gasteiger partial charge is 0.287 e. The first-order valence-electron chi connectivity index (χ1n) is 8.53. The Morgan fingerprint density at radius 2 is 2.19 bits per heavy atom. The first-order chi connectivity index (χ1) is 13.1. The van der Waals surface area contributed by atoms with Crippen LogP contribution in [0, 0.1) is 0 Å². The molecule has 9 nitrogen and oxygen atoms in total. The van der Waals surface area contributed by atoms with Crippen molar-refractivity contribution in [3.8, 4) is 0 Å². The van der Waals surface area contributed by atoms with Crippen molar-refractivity contribution in [2.24, 2.45) is 0 Å². The predicted molar refractivity (Wildman–Crippen MR) is 99.9 cm³/mol. The Kier molecular flexibility index (Phi) is 6.15. The van der Waals surface area contributed by atoms with Gasteiger partial charge in [-0.05, 0) is 25.0 Å². The van der Waals surface area contributed by atoms with E-state index in [4.69, 9.17) is 16.3 Å². The number of hydrogen-bond acceptors (Lipinski definition) is 6. The fourth-order valence-electron chi connectivity index (χ4n) is 2.47. The van der Waals surface area contributed by atoms with E-state index in [2.05, 4.69) is 25.6 Å². The molecule has 0 aliphatic rings. The number of hydrogen-bond donors (Lipinski definition) is 2. The molecule has 1 amide bonds. The van der Waals surface area contributed by atoms with E-state index in [1.807, 2.05) is 25.1 Å². The average Bonchev–Trinajstić information content (AvgIpc) is 3.06. The van der Waals surface area contributed by atoms with Crippen LogP contribution in [0.15, 0.2) is 29.1 Å². The van der Waals surface area contributed by atoms with E-state index in [0.29, 0.717) is 31.2 Å². The van der Waals surface area contributed by atoms with E-state index < -0.39 is 11.5 Å². The maximum absolute atomic E-state index is 12.3. The highest BCUT2D eigenvalue weighted by atomic mass is 35.5. The van der Waals surface area contributed by atoms with Crippen LogP contribution in [0.3, 0.4) is 0 Å².